The van der Waals surface area contributed by atoms with Crippen molar-refractivity contribution in [2.75, 3.05) is 14.1 Å². The number of hydrogen-bond acceptors (Lipinski definition) is 2. The van der Waals surface area contributed by atoms with Crippen LogP contribution in [0.1, 0.15) is 40.0 Å². The Hall–Kier alpha value is -0.790. The first-order chi connectivity index (χ1) is 6.82. The van der Waals surface area contributed by atoms with E-state index in [9.17, 15) is 4.79 Å². The van der Waals surface area contributed by atoms with Gasteiger partial charge < -0.3 is 4.90 Å². The number of Topliss-reactive ketones (excluding diaryl/α,β-unsaturated/α-hetero) is 1. The predicted molar refractivity (Wildman–Crippen MR) is 63.6 cm³/mol. The van der Waals surface area contributed by atoms with Crippen molar-refractivity contribution in [2.45, 2.75) is 40.0 Å². The van der Waals surface area contributed by atoms with Crippen LogP contribution in [0, 0.1) is 11.3 Å². The Balaban J connectivity index is 2.85. The highest BCUT2D eigenvalue weighted by molar-refractivity contribution is 5.98. The third kappa shape index (κ3) is 3.08. The van der Waals surface area contributed by atoms with E-state index in [4.69, 9.17) is 0 Å². The molecule has 0 aromatic heterocycles. The number of rotatable bonds is 1. The second kappa shape index (κ2) is 4.38. The molecule has 2 nitrogen and oxygen atoms in total. The Morgan fingerprint density at radius 3 is 2.40 bits per heavy atom. The van der Waals surface area contributed by atoms with Crippen LogP contribution < -0.4 is 0 Å². The van der Waals surface area contributed by atoms with E-state index in [-0.39, 0.29) is 11.3 Å². The summed E-state index contributed by atoms with van der Waals surface area (Å²) in [6.45, 7) is 6.48. The SMILES string of the molecule is CN(C)/C=C1\CCCC(C(C)(C)C)C1=O. The van der Waals surface area contributed by atoms with E-state index in [0.717, 1.165) is 24.8 Å². The third-order valence-electron chi connectivity index (χ3n) is 3.03. The molecule has 0 aliphatic heterocycles. The van der Waals surface area contributed by atoms with Crippen molar-refractivity contribution in [3.05, 3.63) is 11.8 Å². The Morgan fingerprint density at radius 1 is 1.33 bits per heavy atom. The Bertz CT molecular complexity index is 271. The van der Waals surface area contributed by atoms with E-state index < -0.39 is 0 Å². The average molecular weight is 209 g/mol. The summed E-state index contributed by atoms with van der Waals surface area (Å²) >= 11 is 0. The van der Waals surface area contributed by atoms with Gasteiger partial charge in [0.2, 0.25) is 0 Å². The molecule has 0 bridgehead atoms. The van der Waals surface area contributed by atoms with Crippen molar-refractivity contribution in [1.82, 2.24) is 4.90 Å². The van der Waals surface area contributed by atoms with Crippen molar-refractivity contribution in [3.63, 3.8) is 0 Å². The van der Waals surface area contributed by atoms with Crippen LogP contribution in [0.25, 0.3) is 0 Å². The molecule has 0 spiro atoms. The van der Waals surface area contributed by atoms with Gasteiger partial charge in [0.25, 0.3) is 0 Å². The van der Waals surface area contributed by atoms with Gasteiger partial charge in [-0.2, -0.15) is 0 Å². The minimum absolute atomic E-state index is 0.100. The molecule has 0 aromatic rings. The molecule has 0 saturated heterocycles. The summed E-state index contributed by atoms with van der Waals surface area (Å²) in [6.07, 6.45) is 5.13. The minimum atomic E-state index is 0.100. The van der Waals surface area contributed by atoms with E-state index in [1.165, 1.54) is 0 Å². The van der Waals surface area contributed by atoms with Crippen molar-refractivity contribution >= 4 is 5.78 Å². The first-order valence-corrected chi connectivity index (χ1v) is 5.73. The molecule has 0 heterocycles. The average Bonchev–Trinajstić information content (AvgIpc) is 2.05. The van der Waals surface area contributed by atoms with Crippen LogP contribution in [0.3, 0.4) is 0 Å². The standard InChI is InChI=1S/C13H23NO/c1-13(2,3)11-8-6-7-10(12(11)15)9-14(4)5/h9,11H,6-8H2,1-5H3/b10-9+. The first-order valence-electron chi connectivity index (χ1n) is 5.73. The topological polar surface area (TPSA) is 20.3 Å². The van der Waals surface area contributed by atoms with E-state index >= 15 is 0 Å². The molecular weight excluding hydrogens is 186 g/mol. The van der Waals surface area contributed by atoms with Crippen molar-refractivity contribution < 1.29 is 4.79 Å². The van der Waals surface area contributed by atoms with Crippen molar-refractivity contribution in [1.29, 1.82) is 0 Å². The zero-order chi connectivity index (χ0) is 11.6. The number of allylic oxidation sites excluding steroid dienone is 1. The lowest BCUT2D eigenvalue weighted by molar-refractivity contribution is -0.123. The fourth-order valence-corrected chi connectivity index (χ4v) is 2.24. The lowest BCUT2D eigenvalue weighted by Gasteiger charge is -2.33. The quantitative estimate of drug-likeness (QED) is 0.619. The summed E-state index contributed by atoms with van der Waals surface area (Å²) < 4.78 is 0. The minimum Gasteiger partial charge on any atom is -0.383 e. The van der Waals surface area contributed by atoms with Gasteiger partial charge in [0.1, 0.15) is 0 Å². The van der Waals surface area contributed by atoms with Crippen LogP contribution in [-0.4, -0.2) is 24.8 Å². The molecule has 15 heavy (non-hydrogen) atoms. The number of carbonyl (C=O) groups excluding carboxylic acids is 1. The van der Waals surface area contributed by atoms with Crippen LogP contribution in [0.5, 0.6) is 0 Å². The van der Waals surface area contributed by atoms with Gasteiger partial charge in [-0.25, -0.2) is 0 Å². The molecule has 86 valence electrons. The number of hydrogen-bond donors (Lipinski definition) is 0. The van der Waals surface area contributed by atoms with Gasteiger partial charge in [-0.05, 0) is 24.7 Å². The molecule has 1 atom stereocenters. The zero-order valence-corrected chi connectivity index (χ0v) is 10.6. The highest BCUT2D eigenvalue weighted by atomic mass is 16.1. The van der Waals surface area contributed by atoms with Gasteiger partial charge in [0, 0.05) is 31.8 Å². The normalized spacial score (nSPS) is 25.8. The van der Waals surface area contributed by atoms with Crippen molar-refractivity contribution in [3.8, 4) is 0 Å². The van der Waals surface area contributed by atoms with Crippen LogP contribution in [-0.2, 0) is 4.79 Å². The Kier molecular flexibility index (Phi) is 3.58. The molecular formula is C13H23NO. The summed E-state index contributed by atoms with van der Waals surface area (Å²) in [6, 6.07) is 0. The molecule has 0 aromatic carbocycles. The van der Waals surface area contributed by atoms with E-state index in [1.807, 2.05) is 25.2 Å². The number of carbonyl (C=O) groups is 1. The molecule has 1 aliphatic carbocycles. The van der Waals surface area contributed by atoms with Crippen LogP contribution in [0.15, 0.2) is 11.8 Å². The smallest absolute Gasteiger partial charge is 0.163 e. The van der Waals surface area contributed by atoms with Crippen LogP contribution in [0.4, 0.5) is 0 Å². The molecule has 0 amide bonds. The number of nitrogens with zero attached hydrogens (tertiary/aromatic N) is 1. The first kappa shape index (κ1) is 12.3. The maximum Gasteiger partial charge on any atom is 0.163 e. The molecule has 2 heteroatoms. The molecule has 1 saturated carbocycles. The Labute approximate surface area is 93.3 Å². The summed E-state index contributed by atoms with van der Waals surface area (Å²) in [7, 11) is 3.95. The zero-order valence-electron chi connectivity index (χ0n) is 10.6. The van der Waals surface area contributed by atoms with Gasteiger partial charge in [0.15, 0.2) is 5.78 Å². The Morgan fingerprint density at radius 2 is 1.93 bits per heavy atom. The predicted octanol–water partition coefficient (Wildman–Crippen LogP) is 2.85. The molecule has 0 N–H and O–H groups in total. The molecule has 1 unspecified atom stereocenters. The van der Waals surface area contributed by atoms with Gasteiger partial charge in [-0.3, -0.25) is 4.79 Å². The van der Waals surface area contributed by atoms with Gasteiger partial charge >= 0.3 is 0 Å². The van der Waals surface area contributed by atoms with Gasteiger partial charge in [-0.1, -0.05) is 20.8 Å². The third-order valence-corrected chi connectivity index (χ3v) is 3.03. The largest absolute Gasteiger partial charge is 0.383 e. The summed E-state index contributed by atoms with van der Waals surface area (Å²) in [5.74, 6) is 0.569. The number of ketones is 1. The fraction of sp³-hybridized carbons (Fsp3) is 0.769. The van der Waals surface area contributed by atoms with Crippen LogP contribution in [0.2, 0.25) is 0 Å². The maximum absolute atomic E-state index is 12.2. The van der Waals surface area contributed by atoms with Crippen molar-refractivity contribution in [2.24, 2.45) is 11.3 Å². The summed E-state index contributed by atoms with van der Waals surface area (Å²) in [4.78, 5) is 14.2. The fourth-order valence-electron chi connectivity index (χ4n) is 2.24. The molecule has 1 rings (SSSR count). The van der Waals surface area contributed by atoms with Gasteiger partial charge in [0.05, 0.1) is 0 Å². The van der Waals surface area contributed by atoms with Gasteiger partial charge in [-0.15, -0.1) is 0 Å². The lowest BCUT2D eigenvalue weighted by Crippen LogP contribution is -2.33. The second-order valence-electron chi connectivity index (χ2n) is 5.79. The highest BCUT2D eigenvalue weighted by Gasteiger charge is 2.35. The van der Waals surface area contributed by atoms with E-state index in [0.29, 0.717) is 5.78 Å². The second-order valence-corrected chi connectivity index (χ2v) is 5.79. The maximum atomic E-state index is 12.2. The monoisotopic (exact) mass is 209 g/mol. The molecule has 1 fully saturated rings. The van der Waals surface area contributed by atoms with Crippen LogP contribution >= 0.6 is 0 Å². The lowest BCUT2D eigenvalue weighted by atomic mass is 9.70. The molecule has 0 radical (unpaired) electrons. The summed E-state index contributed by atoms with van der Waals surface area (Å²) in [5, 5.41) is 0. The summed E-state index contributed by atoms with van der Waals surface area (Å²) in [5.41, 5.74) is 1.11. The van der Waals surface area contributed by atoms with E-state index in [2.05, 4.69) is 20.8 Å². The van der Waals surface area contributed by atoms with E-state index in [1.54, 1.807) is 0 Å². The molecule has 1 aliphatic rings. The highest BCUT2D eigenvalue weighted by Crippen LogP contribution is 2.37.